The highest BCUT2D eigenvalue weighted by atomic mass is 16.2. The minimum Gasteiger partial charge on any atom is -0.353 e. The van der Waals surface area contributed by atoms with Gasteiger partial charge < -0.3 is 10.6 Å². The Morgan fingerprint density at radius 2 is 1.82 bits per heavy atom. The van der Waals surface area contributed by atoms with E-state index in [1.165, 1.54) is 0 Å². The molecule has 3 N–H and O–H groups in total. The van der Waals surface area contributed by atoms with Gasteiger partial charge in [-0.2, -0.15) is 5.10 Å². The standard InChI is InChI=1S/C15H23N5O2/c21-14(7-11-8-16-17-9-11)18-13-3-5-20(6-4-13)10-15(22)19-12-1-2-12/h8-9,12-13H,1-7,10H2,(H,16,17)(H,18,21)(H,19,22). The highest BCUT2D eigenvalue weighted by Gasteiger charge is 2.26. The van der Waals surface area contributed by atoms with Crippen LogP contribution >= 0.6 is 0 Å². The molecule has 120 valence electrons. The molecule has 1 aromatic rings. The minimum absolute atomic E-state index is 0.0336. The van der Waals surface area contributed by atoms with Gasteiger partial charge in [-0.05, 0) is 31.2 Å². The maximum atomic E-state index is 11.9. The highest BCUT2D eigenvalue weighted by molar-refractivity contribution is 5.79. The lowest BCUT2D eigenvalue weighted by atomic mass is 10.0. The van der Waals surface area contributed by atoms with E-state index in [0.717, 1.165) is 44.3 Å². The SMILES string of the molecule is O=C(Cc1cn[nH]c1)NC1CCN(CC(=O)NC2CC2)CC1. The molecule has 7 nitrogen and oxygen atoms in total. The van der Waals surface area contributed by atoms with Crippen LogP contribution in [0.1, 0.15) is 31.2 Å². The van der Waals surface area contributed by atoms with Crippen molar-refractivity contribution < 1.29 is 9.59 Å². The Kier molecular flexibility index (Phi) is 4.72. The molecule has 7 heteroatoms. The van der Waals surface area contributed by atoms with Crippen molar-refractivity contribution in [1.82, 2.24) is 25.7 Å². The first-order chi connectivity index (χ1) is 10.7. The first-order valence-electron chi connectivity index (χ1n) is 7.98. The molecule has 0 unspecified atom stereocenters. The van der Waals surface area contributed by atoms with Crippen LogP contribution in [0.3, 0.4) is 0 Å². The second-order valence-electron chi connectivity index (χ2n) is 6.24. The lowest BCUT2D eigenvalue weighted by Crippen LogP contribution is -2.47. The Hall–Kier alpha value is -1.89. The van der Waals surface area contributed by atoms with Gasteiger partial charge in [0.2, 0.25) is 11.8 Å². The summed E-state index contributed by atoms with van der Waals surface area (Å²) < 4.78 is 0. The molecule has 2 heterocycles. The van der Waals surface area contributed by atoms with E-state index >= 15 is 0 Å². The normalized spacial score (nSPS) is 19.8. The van der Waals surface area contributed by atoms with Crippen molar-refractivity contribution in [2.45, 2.75) is 44.2 Å². The maximum absolute atomic E-state index is 11.9. The summed E-state index contributed by atoms with van der Waals surface area (Å²) in [6, 6.07) is 0.634. The zero-order valence-electron chi connectivity index (χ0n) is 12.7. The number of aromatic amines is 1. The van der Waals surface area contributed by atoms with Crippen molar-refractivity contribution >= 4 is 11.8 Å². The summed E-state index contributed by atoms with van der Waals surface area (Å²) in [5.74, 6) is 0.163. The molecule has 1 aliphatic carbocycles. The molecule has 0 spiro atoms. The second kappa shape index (κ2) is 6.91. The number of carbonyl (C=O) groups is 2. The van der Waals surface area contributed by atoms with Gasteiger partial charge in [-0.15, -0.1) is 0 Å². The number of rotatable bonds is 6. The number of nitrogens with one attached hydrogen (secondary N) is 3. The van der Waals surface area contributed by atoms with Crippen LogP contribution in [0.5, 0.6) is 0 Å². The second-order valence-corrected chi connectivity index (χ2v) is 6.24. The van der Waals surface area contributed by atoms with Gasteiger partial charge >= 0.3 is 0 Å². The molecule has 2 amide bonds. The van der Waals surface area contributed by atoms with Crippen molar-refractivity contribution in [3.63, 3.8) is 0 Å². The first-order valence-corrected chi connectivity index (χ1v) is 7.98. The number of hydrogen-bond donors (Lipinski definition) is 3. The van der Waals surface area contributed by atoms with E-state index in [4.69, 9.17) is 0 Å². The molecule has 1 saturated carbocycles. The Balaban J connectivity index is 1.34. The van der Waals surface area contributed by atoms with Gasteiger partial charge in [0.25, 0.3) is 0 Å². The monoisotopic (exact) mass is 305 g/mol. The van der Waals surface area contributed by atoms with Crippen molar-refractivity contribution in [3.05, 3.63) is 18.0 Å². The number of aromatic nitrogens is 2. The van der Waals surface area contributed by atoms with Crippen LogP contribution in [0.4, 0.5) is 0 Å². The van der Waals surface area contributed by atoms with Crippen LogP contribution < -0.4 is 10.6 Å². The molecule has 22 heavy (non-hydrogen) atoms. The van der Waals surface area contributed by atoms with Gasteiger partial charge in [0, 0.05) is 31.4 Å². The molecular weight excluding hydrogens is 282 g/mol. The third-order valence-electron chi connectivity index (χ3n) is 4.18. The van der Waals surface area contributed by atoms with Crippen molar-refractivity contribution in [2.75, 3.05) is 19.6 Å². The highest BCUT2D eigenvalue weighted by Crippen LogP contribution is 2.18. The molecule has 0 bridgehead atoms. The van der Waals surface area contributed by atoms with Crippen LogP contribution in [-0.4, -0.2) is 58.6 Å². The van der Waals surface area contributed by atoms with Gasteiger partial charge in [-0.3, -0.25) is 19.6 Å². The van der Waals surface area contributed by atoms with Gasteiger partial charge in [-0.25, -0.2) is 0 Å². The third kappa shape index (κ3) is 4.56. The lowest BCUT2D eigenvalue weighted by molar-refractivity contribution is -0.124. The molecule has 1 aliphatic heterocycles. The topological polar surface area (TPSA) is 90.1 Å². The van der Waals surface area contributed by atoms with Gasteiger partial charge in [0.1, 0.15) is 0 Å². The summed E-state index contributed by atoms with van der Waals surface area (Å²) in [5, 5.41) is 12.6. The number of piperidine rings is 1. The summed E-state index contributed by atoms with van der Waals surface area (Å²) in [7, 11) is 0. The molecule has 0 atom stereocenters. The minimum atomic E-state index is 0.0336. The molecule has 3 rings (SSSR count). The molecule has 0 radical (unpaired) electrons. The van der Waals surface area contributed by atoms with Crippen molar-refractivity contribution in [2.24, 2.45) is 0 Å². The van der Waals surface area contributed by atoms with Crippen LogP contribution in [-0.2, 0) is 16.0 Å². The van der Waals surface area contributed by atoms with Crippen molar-refractivity contribution in [3.8, 4) is 0 Å². The summed E-state index contributed by atoms with van der Waals surface area (Å²) in [5.41, 5.74) is 0.895. The number of hydrogen-bond acceptors (Lipinski definition) is 4. The molecular formula is C15H23N5O2. The number of likely N-dealkylation sites (tertiary alicyclic amines) is 1. The summed E-state index contributed by atoms with van der Waals surface area (Å²) >= 11 is 0. The van der Waals surface area contributed by atoms with Gasteiger partial charge in [0.05, 0.1) is 19.2 Å². The number of carbonyl (C=O) groups excluding carboxylic acids is 2. The summed E-state index contributed by atoms with van der Waals surface area (Å²) in [4.78, 5) is 25.9. The Bertz CT molecular complexity index is 504. The zero-order chi connectivity index (χ0) is 15.4. The Morgan fingerprint density at radius 1 is 1.14 bits per heavy atom. The van der Waals surface area contributed by atoms with Crippen LogP contribution in [0, 0.1) is 0 Å². The first kappa shape index (κ1) is 15.0. The number of amides is 2. The number of nitrogens with zero attached hydrogens (tertiary/aromatic N) is 2. The Morgan fingerprint density at radius 3 is 2.45 bits per heavy atom. The van der Waals surface area contributed by atoms with Gasteiger partial charge in [0.15, 0.2) is 0 Å². The third-order valence-corrected chi connectivity index (χ3v) is 4.18. The van der Waals surface area contributed by atoms with E-state index < -0.39 is 0 Å². The van der Waals surface area contributed by atoms with E-state index in [0.29, 0.717) is 19.0 Å². The average molecular weight is 305 g/mol. The van der Waals surface area contributed by atoms with Crippen LogP contribution in [0.15, 0.2) is 12.4 Å². The van der Waals surface area contributed by atoms with E-state index in [1.807, 2.05) is 0 Å². The predicted molar refractivity (Wildman–Crippen MR) is 81.1 cm³/mol. The zero-order valence-corrected chi connectivity index (χ0v) is 12.7. The fourth-order valence-corrected chi connectivity index (χ4v) is 2.78. The van der Waals surface area contributed by atoms with Crippen molar-refractivity contribution in [1.29, 1.82) is 0 Å². The van der Waals surface area contributed by atoms with Crippen LogP contribution in [0.25, 0.3) is 0 Å². The lowest BCUT2D eigenvalue weighted by Gasteiger charge is -2.31. The van der Waals surface area contributed by atoms with E-state index in [-0.39, 0.29) is 17.9 Å². The summed E-state index contributed by atoms with van der Waals surface area (Å²) in [6.07, 6.45) is 7.80. The quantitative estimate of drug-likeness (QED) is 0.679. The Labute approximate surface area is 129 Å². The summed E-state index contributed by atoms with van der Waals surface area (Å²) in [6.45, 7) is 2.19. The number of H-pyrrole nitrogens is 1. The smallest absolute Gasteiger partial charge is 0.234 e. The van der Waals surface area contributed by atoms with Crippen LogP contribution in [0.2, 0.25) is 0 Å². The molecule has 2 fully saturated rings. The van der Waals surface area contributed by atoms with E-state index in [2.05, 4.69) is 25.7 Å². The molecule has 2 aliphatic rings. The largest absolute Gasteiger partial charge is 0.353 e. The fourth-order valence-electron chi connectivity index (χ4n) is 2.78. The predicted octanol–water partition coefficient (Wildman–Crippen LogP) is -0.189. The maximum Gasteiger partial charge on any atom is 0.234 e. The fraction of sp³-hybridized carbons (Fsp3) is 0.667. The van der Waals surface area contributed by atoms with E-state index in [9.17, 15) is 9.59 Å². The molecule has 0 aromatic carbocycles. The molecule has 1 aromatic heterocycles. The van der Waals surface area contributed by atoms with E-state index in [1.54, 1.807) is 12.4 Å². The molecule has 1 saturated heterocycles. The van der Waals surface area contributed by atoms with Gasteiger partial charge in [-0.1, -0.05) is 0 Å². The average Bonchev–Trinajstić information content (AvgIpc) is 3.14.